The molecule has 1 aliphatic rings. The number of anilines is 1. The molecule has 4 rings (SSSR count). The van der Waals surface area contributed by atoms with E-state index in [9.17, 15) is 17.9 Å². The molecule has 3 aromatic carbocycles. The number of aromatic hydroxyl groups is 1. The van der Waals surface area contributed by atoms with E-state index in [-0.39, 0.29) is 16.7 Å². The third-order valence-corrected chi connectivity index (χ3v) is 21.3. The van der Waals surface area contributed by atoms with Gasteiger partial charge in [0, 0.05) is 473 Å². The van der Waals surface area contributed by atoms with Gasteiger partial charge >= 0.3 is 0 Å². The molecule has 0 spiro atoms. The molecule has 4 nitrogen and oxygen atoms in total. The summed E-state index contributed by atoms with van der Waals surface area (Å²) in [4.78, 5) is 0.201. The van der Waals surface area contributed by atoms with Crippen LogP contribution in [0.3, 0.4) is 0 Å². The van der Waals surface area contributed by atoms with Crippen LogP contribution < -0.4 is 4.31 Å². The number of nitrogens with zero attached hydrogens (tertiary/aromatic N) is 1. The molecule has 1 atom stereocenters. The molecule has 1 N–H and O–H groups in total. The molecule has 0 fully saturated rings. The molecule has 0 bridgehead atoms. The minimum absolute atomic E-state index is 0.188. The highest BCUT2D eigenvalue weighted by Crippen LogP contribution is 2.38. The molecular weight excluding hydrogens is 1110 g/mol. The lowest BCUT2D eigenvalue weighted by molar-refractivity contribution is 0.473. The summed E-state index contributed by atoms with van der Waals surface area (Å²) in [6.45, 7) is 1.90. The van der Waals surface area contributed by atoms with Gasteiger partial charge in [0.15, 0.2) is 0 Å². The highest BCUT2D eigenvalue weighted by atomic mass is 32.2. The van der Waals surface area contributed by atoms with Crippen LogP contribution >= 0.6 is 0 Å². The van der Waals surface area contributed by atoms with Gasteiger partial charge in [-0.2, -0.15) is 0 Å². The summed E-state index contributed by atoms with van der Waals surface area (Å²) >= 11 is 0. The Morgan fingerprint density at radius 3 is 0.958 bits per heavy atom. The Labute approximate surface area is 638 Å². The van der Waals surface area contributed by atoms with E-state index in [0.717, 1.165) is 16.7 Å². The zero-order valence-corrected chi connectivity index (χ0v) is 55.7. The Bertz CT molecular complexity index is 2690. The Hall–Kier alpha value is 1.43. The summed E-state index contributed by atoms with van der Waals surface area (Å²) in [5, 5.41) is 9.72. The first kappa shape index (κ1) is 91.6. The molecule has 1 heterocycles. The van der Waals surface area contributed by atoms with E-state index in [4.69, 9.17) is 263 Å². The molecule has 1 aliphatic heterocycles. The molecule has 72 heteroatoms. The summed E-state index contributed by atoms with van der Waals surface area (Å²) in [5.41, 5.74) is 3.16. The van der Waals surface area contributed by atoms with Crippen molar-refractivity contribution in [2.45, 2.75) is 43.5 Å². The first-order valence-electron chi connectivity index (χ1n) is 31.7. The lowest BCUT2D eigenvalue weighted by atomic mass is 8.22. The van der Waals surface area contributed by atoms with Gasteiger partial charge in [-0.15, -0.1) is 0 Å². The van der Waals surface area contributed by atoms with Crippen molar-refractivity contribution in [3.63, 3.8) is 0 Å². The van der Waals surface area contributed by atoms with E-state index >= 15 is 0 Å². The van der Waals surface area contributed by atoms with Crippen LogP contribution in [0.25, 0.3) is 0 Å². The van der Waals surface area contributed by atoms with Crippen molar-refractivity contribution in [2.75, 3.05) is 4.31 Å². The quantitative estimate of drug-likeness (QED) is 0.0590. The average Bonchev–Trinajstić information content (AvgIpc) is 0.729. The molecule has 68 radical (unpaired) electrons. The van der Waals surface area contributed by atoms with Gasteiger partial charge in [0.2, 0.25) is 0 Å². The van der Waals surface area contributed by atoms with Gasteiger partial charge in [-0.25, -0.2) is 12.8 Å². The van der Waals surface area contributed by atoms with Crippen LogP contribution in [0.2, 0.25) is 0 Å². The number of rotatable bonds is 36. The van der Waals surface area contributed by atoms with Gasteiger partial charge in [-0.1, -0.05) is 35.9 Å². The van der Waals surface area contributed by atoms with Gasteiger partial charge in [-0.3, -0.25) is 4.31 Å². The van der Waals surface area contributed by atoms with Crippen molar-refractivity contribution in [3.05, 3.63) is 89.2 Å². The van der Waals surface area contributed by atoms with Crippen molar-refractivity contribution in [1.82, 2.24) is 0 Å². The summed E-state index contributed by atoms with van der Waals surface area (Å²) < 4.78 is 42.7. The normalized spacial score (nSPS) is 11.8. The average molecular weight is 1140 g/mol. The highest BCUT2D eigenvalue weighted by molar-refractivity contribution is 8.39. The van der Waals surface area contributed by atoms with Gasteiger partial charge in [0.25, 0.3) is 10.0 Å². The Kier molecular flexibility index (Phi) is 39.6. The predicted octanol–water partition coefficient (Wildman–Crippen LogP) is -20.2. The maximum absolute atomic E-state index is 14.1. The fourth-order valence-corrected chi connectivity index (χ4v) is 17.3. The third-order valence-electron chi connectivity index (χ3n) is 19.4. The van der Waals surface area contributed by atoms with Crippen molar-refractivity contribution in [1.29, 1.82) is 0 Å². The number of halogens is 1. The molecule has 0 saturated carbocycles. The van der Waals surface area contributed by atoms with E-state index in [2.05, 4.69) is 0 Å². The number of hydrogen-bond acceptors (Lipinski definition) is 3. The molecular formula is C24H24B66FNO3S. The number of phenolic OH excluding ortho intramolecular Hbond substituents is 1. The van der Waals surface area contributed by atoms with Crippen LogP contribution in [-0.2, 0) is 22.9 Å². The van der Waals surface area contributed by atoms with Gasteiger partial charge in [-0.05, 0) is 80.1 Å². The lowest BCUT2D eigenvalue weighted by Crippen LogP contribution is -2.98. The number of aryl methyl sites for hydroxylation is 3. The second-order valence-corrected chi connectivity index (χ2v) is 28.1. The maximum Gasteiger partial charge on any atom is 0.264 e. The largest absolute Gasteiger partial charge is 0.508 e. The third kappa shape index (κ3) is 24.0. The zero-order chi connectivity index (χ0) is 73.8. The maximum atomic E-state index is 14.1. The summed E-state index contributed by atoms with van der Waals surface area (Å²) in [7, 11) is 223. The SMILES string of the molecule is Cc1ccc(S(=O)(=O)N2c3cc(F)ccc3CCC2CCc2cccc(O)c2)cc1.[B]B([B])B(B([B])[B])B(B([B])[B])B(B(B([B])[B])B([B])[B])B(B(B(B([B])[B])B([B])[B])B(B([B])[B])B([B])[B])B(B(B(B([B])[B])B([B])[B])B(B([B])[B])B([B])[B])B(B(B([B])[B])B([B])[B])B(B([B])[B])B([B])[B]. The summed E-state index contributed by atoms with van der Waals surface area (Å²) in [6, 6.07) is 17.8. The van der Waals surface area contributed by atoms with Crippen LogP contribution in [0.1, 0.15) is 29.5 Å². The molecule has 0 amide bonds. The Morgan fingerprint density at radius 1 is 0.385 bits per heavy atom. The topological polar surface area (TPSA) is 57.6 Å². The number of fused-ring (bicyclic) bond motifs is 1. The second-order valence-electron chi connectivity index (χ2n) is 26.3. The molecule has 96 heavy (non-hydrogen) atoms. The minimum atomic E-state index is -3.85. The van der Waals surface area contributed by atoms with E-state index in [0.29, 0.717) is 31.4 Å². The van der Waals surface area contributed by atoms with Crippen molar-refractivity contribution >= 4 is 483 Å². The minimum Gasteiger partial charge on any atom is -0.508 e. The van der Waals surface area contributed by atoms with E-state index < -0.39 is 220 Å². The molecule has 0 saturated heterocycles. The second kappa shape index (κ2) is 41.5. The molecule has 354 valence electrons. The monoisotopic (exact) mass is 1150 g/mol. The zero-order valence-electron chi connectivity index (χ0n) is 54.9. The summed E-state index contributed by atoms with van der Waals surface area (Å²) in [5.74, 6) is -0.265. The Morgan fingerprint density at radius 2 is 0.667 bits per heavy atom. The number of hydrogen-bond donors (Lipinski definition) is 1. The van der Waals surface area contributed by atoms with Crippen molar-refractivity contribution in [2.24, 2.45) is 0 Å². The van der Waals surface area contributed by atoms with Crippen molar-refractivity contribution in [3.8, 4) is 5.75 Å². The summed E-state index contributed by atoms with van der Waals surface area (Å²) in [6.07, 6.45) is -45.7. The van der Waals surface area contributed by atoms with Gasteiger partial charge in [0.05, 0.1) is 10.6 Å². The lowest BCUT2D eigenvalue weighted by Gasteiger charge is -2.60. The molecule has 0 aliphatic carbocycles. The smallest absolute Gasteiger partial charge is 0.264 e. The number of phenols is 1. The first-order chi connectivity index (χ1) is 44.3. The van der Waals surface area contributed by atoms with Crippen LogP contribution in [0, 0.1) is 12.7 Å². The first-order valence-corrected chi connectivity index (χ1v) is 33.1. The fraction of sp³-hybridized carbons (Fsp3) is 0.250. The van der Waals surface area contributed by atoms with E-state index in [1.807, 2.05) is 13.0 Å². The fourth-order valence-electron chi connectivity index (χ4n) is 15.6. The molecule has 0 aromatic heterocycles. The Balaban J connectivity index is 0.000000653. The molecule has 1 unspecified atom stereocenters. The highest BCUT2D eigenvalue weighted by Gasteiger charge is 2.64. The molecule has 3 aromatic rings. The number of benzene rings is 3. The van der Waals surface area contributed by atoms with Crippen molar-refractivity contribution < 1.29 is 17.9 Å². The van der Waals surface area contributed by atoms with E-state index in [1.54, 1.807) is 48.5 Å². The van der Waals surface area contributed by atoms with Crippen LogP contribution in [0.4, 0.5) is 10.1 Å². The van der Waals surface area contributed by atoms with E-state index in [1.165, 1.54) is 16.4 Å². The van der Waals surface area contributed by atoms with Crippen LogP contribution in [-0.4, -0.2) is 487 Å². The van der Waals surface area contributed by atoms with Gasteiger partial charge in [0.1, 0.15) is 11.6 Å². The standard InChI is InChI=1S/C24H24FNO3S.B66/c1-17-5-13-23(14-6-17)30(28,29)26-21(11-7-18-3-2-4-22(27)15-18)12-9-19-8-10-20(25)16-24(19)26;1-35(2)52(36(3)4)60(51(33)34)64(59(49(29)30)50(31)32)66(63(57(45(21)22)46(23)24)58(47(25)26)48(27)28)65(61(53(37(5)6)38(7)8)54(39(9)10)40(11)12)62(55(41(13)14)42(15)16)56(43(17)18)44(19)20/h2-6,8,10,13-16,21,27H,7,9,11-12H2,1H3;. The van der Waals surface area contributed by atoms with Crippen LogP contribution in [0.15, 0.2) is 71.6 Å². The predicted molar refractivity (Wildman–Crippen MR) is 496 cm³/mol. The number of sulfonamides is 1. The van der Waals surface area contributed by atoms with Crippen LogP contribution in [0.5, 0.6) is 5.75 Å². The van der Waals surface area contributed by atoms with Gasteiger partial charge < -0.3 is 5.11 Å².